The highest BCUT2D eigenvalue weighted by atomic mass is 16.6. The van der Waals surface area contributed by atoms with Crippen LogP contribution in [-0.4, -0.2) is 64.0 Å². The lowest BCUT2D eigenvalue weighted by atomic mass is 9.73. The minimum Gasteiger partial charge on any atom is -0.491 e. The lowest BCUT2D eigenvalue weighted by molar-refractivity contribution is -0.130. The van der Waals surface area contributed by atoms with E-state index in [1.165, 1.54) is 0 Å². The van der Waals surface area contributed by atoms with Crippen LogP contribution in [0, 0.1) is 5.92 Å². The molecule has 8 heteroatoms. The summed E-state index contributed by atoms with van der Waals surface area (Å²) in [7, 11) is 1.84. The van der Waals surface area contributed by atoms with E-state index in [4.69, 9.17) is 23.7 Å². The van der Waals surface area contributed by atoms with E-state index in [2.05, 4.69) is 30.0 Å². The maximum absolute atomic E-state index is 14.0. The smallest absolute Gasteiger partial charge is 0.245 e. The van der Waals surface area contributed by atoms with E-state index in [9.17, 15) is 4.79 Å². The van der Waals surface area contributed by atoms with Gasteiger partial charge in [0.2, 0.25) is 5.91 Å². The van der Waals surface area contributed by atoms with Crippen molar-refractivity contribution in [2.45, 2.75) is 18.8 Å². The first kappa shape index (κ1) is 22.5. The summed E-state index contributed by atoms with van der Waals surface area (Å²) < 4.78 is 30.1. The van der Waals surface area contributed by atoms with Gasteiger partial charge in [0.1, 0.15) is 42.5 Å². The van der Waals surface area contributed by atoms with Crippen molar-refractivity contribution in [3.05, 3.63) is 65.1 Å². The molecule has 2 atom stereocenters. The molecular weight excluding hydrogens is 472 g/mol. The fourth-order valence-corrected chi connectivity index (χ4v) is 6.12. The molecule has 2 fully saturated rings. The normalized spacial score (nSPS) is 26.2. The zero-order valence-corrected chi connectivity index (χ0v) is 21.1. The van der Waals surface area contributed by atoms with Crippen LogP contribution in [0.2, 0.25) is 0 Å². The van der Waals surface area contributed by atoms with E-state index in [0.717, 1.165) is 66.8 Å². The van der Waals surface area contributed by atoms with Crippen LogP contribution in [0.5, 0.6) is 23.0 Å². The SMILES string of the molecule is CC1CC=C2C(=C1Oc1cccc(N3CCOCC3)c1)C1(COc3cc4c(cc31)OCCO4)C(=O)N2C. The summed E-state index contributed by atoms with van der Waals surface area (Å²) in [6, 6.07) is 12.0. The molecule has 4 heterocycles. The Bertz CT molecular complexity index is 1340. The van der Waals surface area contributed by atoms with Crippen molar-refractivity contribution in [1.29, 1.82) is 0 Å². The highest BCUT2D eigenvalue weighted by Gasteiger charge is 2.61. The standard InChI is InChI=1S/C29H30N2O6/c1-18-6-7-22-26(27(18)37-20-5-3-4-19(14-20)31-8-10-33-11-9-31)29(28(32)30(22)2)17-36-23-16-25-24(15-21(23)29)34-12-13-35-25/h3-5,7,14-16,18H,6,8-13,17H2,1-2H3. The Labute approximate surface area is 216 Å². The van der Waals surface area contributed by atoms with E-state index < -0.39 is 5.41 Å². The Hall–Kier alpha value is -3.65. The van der Waals surface area contributed by atoms with Gasteiger partial charge in [-0.1, -0.05) is 19.1 Å². The summed E-state index contributed by atoms with van der Waals surface area (Å²) in [6.07, 6.45) is 2.94. The average molecular weight is 503 g/mol. The number of likely N-dealkylation sites (N-methyl/N-ethyl adjacent to an activating group) is 1. The summed E-state index contributed by atoms with van der Waals surface area (Å²) in [4.78, 5) is 18.1. The predicted molar refractivity (Wildman–Crippen MR) is 136 cm³/mol. The molecule has 5 aliphatic rings. The number of rotatable bonds is 3. The number of nitrogens with zero attached hydrogens (tertiary/aromatic N) is 2. The number of allylic oxidation sites excluding steroid dienone is 3. The molecule has 1 aliphatic carbocycles. The van der Waals surface area contributed by atoms with Crippen LogP contribution in [0.15, 0.2) is 59.5 Å². The highest BCUT2D eigenvalue weighted by Crippen LogP contribution is 2.57. The molecule has 2 aromatic rings. The molecule has 8 nitrogen and oxygen atoms in total. The predicted octanol–water partition coefficient (Wildman–Crippen LogP) is 3.65. The number of carbonyl (C=O) groups excluding carboxylic acids is 1. The van der Waals surface area contributed by atoms with E-state index >= 15 is 0 Å². The van der Waals surface area contributed by atoms with Crippen LogP contribution >= 0.6 is 0 Å². The maximum Gasteiger partial charge on any atom is 0.245 e. The Morgan fingerprint density at radius 2 is 1.76 bits per heavy atom. The summed E-state index contributed by atoms with van der Waals surface area (Å²) in [5.74, 6) is 3.63. The molecule has 37 heavy (non-hydrogen) atoms. The topological polar surface area (TPSA) is 69.7 Å². The largest absolute Gasteiger partial charge is 0.491 e. The fourth-order valence-electron chi connectivity index (χ4n) is 6.12. The number of morpholine rings is 1. The fraction of sp³-hybridized carbons (Fsp3) is 0.414. The summed E-state index contributed by atoms with van der Waals surface area (Å²) in [5.41, 5.74) is 2.72. The van der Waals surface area contributed by atoms with E-state index in [1.54, 1.807) is 4.90 Å². The second-order valence-corrected chi connectivity index (χ2v) is 10.2. The van der Waals surface area contributed by atoms with Crippen molar-refractivity contribution in [2.24, 2.45) is 5.92 Å². The molecule has 2 aromatic carbocycles. The first-order valence-corrected chi connectivity index (χ1v) is 13.0. The molecule has 2 saturated heterocycles. The first-order valence-electron chi connectivity index (χ1n) is 13.0. The van der Waals surface area contributed by atoms with E-state index in [1.807, 2.05) is 31.3 Å². The molecule has 4 aliphatic heterocycles. The number of amides is 1. The van der Waals surface area contributed by atoms with Crippen LogP contribution in [0.3, 0.4) is 0 Å². The lowest BCUT2D eigenvalue weighted by Crippen LogP contribution is -2.39. The van der Waals surface area contributed by atoms with Gasteiger partial charge in [-0.2, -0.15) is 0 Å². The Morgan fingerprint density at radius 3 is 2.57 bits per heavy atom. The van der Waals surface area contributed by atoms with Gasteiger partial charge < -0.3 is 33.5 Å². The quantitative estimate of drug-likeness (QED) is 0.635. The van der Waals surface area contributed by atoms with Crippen molar-refractivity contribution in [2.75, 3.05) is 58.1 Å². The first-order chi connectivity index (χ1) is 18.1. The number of hydrogen-bond acceptors (Lipinski definition) is 7. The van der Waals surface area contributed by atoms with Gasteiger partial charge in [-0.05, 0) is 24.6 Å². The molecule has 192 valence electrons. The molecule has 1 amide bonds. The van der Waals surface area contributed by atoms with Crippen LogP contribution < -0.4 is 23.8 Å². The van der Waals surface area contributed by atoms with Gasteiger partial charge in [0.15, 0.2) is 11.5 Å². The molecule has 0 saturated carbocycles. The molecule has 0 bridgehead atoms. The van der Waals surface area contributed by atoms with Gasteiger partial charge in [0.05, 0.1) is 13.2 Å². The number of ether oxygens (including phenoxy) is 5. The van der Waals surface area contributed by atoms with Crippen molar-refractivity contribution >= 4 is 11.6 Å². The van der Waals surface area contributed by atoms with Crippen molar-refractivity contribution in [3.63, 3.8) is 0 Å². The molecule has 0 radical (unpaired) electrons. The lowest BCUT2D eigenvalue weighted by Gasteiger charge is -2.31. The number of carbonyl (C=O) groups is 1. The van der Waals surface area contributed by atoms with Gasteiger partial charge in [-0.25, -0.2) is 0 Å². The Balaban J connectivity index is 1.34. The van der Waals surface area contributed by atoms with Crippen LogP contribution in [0.25, 0.3) is 0 Å². The average Bonchev–Trinajstić information content (AvgIpc) is 3.41. The van der Waals surface area contributed by atoms with Crippen LogP contribution in [0.4, 0.5) is 5.69 Å². The van der Waals surface area contributed by atoms with Gasteiger partial charge in [0, 0.05) is 60.7 Å². The molecule has 0 aromatic heterocycles. The third-order valence-corrected chi connectivity index (χ3v) is 8.04. The van der Waals surface area contributed by atoms with Crippen LogP contribution in [0.1, 0.15) is 18.9 Å². The third kappa shape index (κ3) is 3.35. The number of hydrogen-bond donors (Lipinski definition) is 0. The zero-order valence-electron chi connectivity index (χ0n) is 21.1. The van der Waals surface area contributed by atoms with Crippen molar-refractivity contribution in [3.8, 4) is 23.0 Å². The highest BCUT2D eigenvalue weighted by molar-refractivity contribution is 6.01. The number of anilines is 1. The molecule has 2 unspecified atom stereocenters. The molecule has 7 rings (SSSR count). The minimum atomic E-state index is -0.989. The van der Waals surface area contributed by atoms with Gasteiger partial charge >= 0.3 is 0 Å². The number of likely N-dealkylation sites (tertiary alicyclic amines) is 1. The molecule has 1 spiro atoms. The van der Waals surface area contributed by atoms with Crippen molar-refractivity contribution in [1.82, 2.24) is 4.90 Å². The van der Waals surface area contributed by atoms with E-state index in [-0.39, 0.29) is 18.4 Å². The number of fused-ring (bicyclic) bond motifs is 5. The third-order valence-electron chi connectivity index (χ3n) is 8.04. The zero-order chi connectivity index (χ0) is 25.1. The monoisotopic (exact) mass is 502 g/mol. The van der Waals surface area contributed by atoms with Gasteiger partial charge in [-0.15, -0.1) is 0 Å². The molecule has 0 N–H and O–H groups in total. The van der Waals surface area contributed by atoms with Crippen molar-refractivity contribution < 1.29 is 28.5 Å². The van der Waals surface area contributed by atoms with Gasteiger partial charge in [0.25, 0.3) is 0 Å². The van der Waals surface area contributed by atoms with Gasteiger partial charge in [-0.3, -0.25) is 4.79 Å². The van der Waals surface area contributed by atoms with Crippen LogP contribution in [-0.2, 0) is 14.9 Å². The summed E-state index contributed by atoms with van der Waals surface area (Å²) in [6.45, 7) is 6.50. The maximum atomic E-state index is 14.0. The summed E-state index contributed by atoms with van der Waals surface area (Å²) >= 11 is 0. The Morgan fingerprint density at radius 1 is 0.973 bits per heavy atom. The Kier molecular flexibility index (Phi) is 5.15. The summed E-state index contributed by atoms with van der Waals surface area (Å²) in [5, 5.41) is 0. The second-order valence-electron chi connectivity index (χ2n) is 10.2. The number of benzene rings is 2. The second kappa shape index (κ2) is 8.45. The molecular formula is C29H30N2O6. The van der Waals surface area contributed by atoms with E-state index in [0.29, 0.717) is 30.5 Å². The minimum absolute atomic E-state index is 0.0126.